The van der Waals surface area contributed by atoms with Crippen LogP contribution in [0.25, 0.3) is 0 Å². The minimum absolute atomic E-state index is 0.352. The number of nitrogens with zero attached hydrogens (tertiary/aromatic N) is 3. The zero-order valence-electron chi connectivity index (χ0n) is 10.9. The highest BCUT2D eigenvalue weighted by Crippen LogP contribution is 2.18. The number of halogens is 1. The zero-order valence-corrected chi connectivity index (χ0v) is 11.7. The lowest BCUT2D eigenvalue weighted by molar-refractivity contribution is 0.303. The van der Waals surface area contributed by atoms with Crippen molar-refractivity contribution < 1.29 is 0 Å². The maximum atomic E-state index is 5.98. The summed E-state index contributed by atoms with van der Waals surface area (Å²) in [5.74, 6) is 6.21. The van der Waals surface area contributed by atoms with Crippen LogP contribution in [0.4, 0.5) is 11.8 Å². The number of rotatable bonds is 8. The topological polar surface area (TPSA) is 79.1 Å². The molecule has 0 aromatic carbocycles. The van der Waals surface area contributed by atoms with Gasteiger partial charge < -0.3 is 10.2 Å². The number of aromatic nitrogens is 2. The van der Waals surface area contributed by atoms with Crippen LogP contribution in [0.3, 0.4) is 0 Å². The molecule has 0 radical (unpaired) electrons. The van der Waals surface area contributed by atoms with E-state index in [1.807, 2.05) is 0 Å². The Balaban J connectivity index is 2.39. The number of anilines is 2. The number of hydrogen-bond donors (Lipinski definition) is 3. The Kier molecular flexibility index (Phi) is 6.70. The highest BCUT2D eigenvalue weighted by molar-refractivity contribution is 6.32. The molecular weight excluding hydrogens is 252 g/mol. The molecule has 1 aromatic rings. The van der Waals surface area contributed by atoms with Gasteiger partial charge in [0.2, 0.25) is 5.95 Å². The molecule has 0 amide bonds. The van der Waals surface area contributed by atoms with Crippen molar-refractivity contribution in [2.75, 3.05) is 36.9 Å². The molecule has 1 aromatic heterocycles. The van der Waals surface area contributed by atoms with E-state index in [-0.39, 0.29) is 0 Å². The smallest absolute Gasteiger partial charge is 0.239 e. The van der Waals surface area contributed by atoms with E-state index in [4.69, 9.17) is 17.4 Å². The highest BCUT2D eigenvalue weighted by atomic mass is 35.5. The average molecular weight is 273 g/mol. The minimum Gasteiger partial charge on any atom is -0.369 e. The summed E-state index contributed by atoms with van der Waals surface area (Å²) >= 11 is 5.98. The number of hydrogen-bond acceptors (Lipinski definition) is 6. The van der Waals surface area contributed by atoms with Crippen LogP contribution < -0.4 is 16.6 Å². The van der Waals surface area contributed by atoms with Gasteiger partial charge in [-0.1, -0.05) is 25.4 Å². The average Bonchev–Trinajstić information content (AvgIpc) is 2.41. The van der Waals surface area contributed by atoms with Gasteiger partial charge in [0.15, 0.2) is 5.82 Å². The fourth-order valence-corrected chi connectivity index (χ4v) is 1.77. The summed E-state index contributed by atoms with van der Waals surface area (Å²) in [5, 5.41) is 3.68. The molecule has 0 aliphatic heterocycles. The largest absolute Gasteiger partial charge is 0.369 e. The third-order valence-electron chi connectivity index (χ3n) is 2.71. The lowest BCUT2D eigenvalue weighted by Gasteiger charge is -2.17. The van der Waals surface area contributed by atoms with Crippen LogP contribution in [-0.2, 0) is 0 Å². The van der Waals surface area contributed by atoms with E-state index < -0.39 is 0 Å². The number of nitrogens with two attached hydrogens (primary N) is 1. The molecule has 18 heavy (non-hydrogen) atoms. The number of nitrogens with one attached hydrogen (secondary N) is 2. The van der Waals surface area contributed by atoms with Crippen molar-refractivity contribution in [3.8, 4) is 0 Å². The summed E-state index contributed by atoms with van der Waals surface area (Å²) < 4.78 is 0. The molecule has 0 spiro atoms. The molecule has 102 valence electrons. The van der Waals surface area contributed by atoms with Crippen molar-refractivity contribution in [2.45, 2.75) is 20.3 Å². The van der Waals surface area contributed by atoms with Gasteiger partial charge in [-0.3, -0.25) is 5.43 Å². The summed E-state index contributed by atoms with van der Waals surface area (Å²) in [7, 11) is 0. The molecule has 0 aliphatic rings. The van der Waals surface area contributed by atoms with E-state index in [0.717, 1.165) is 32.6 Å². The first-order chi connectivity index (χ1) is 8.71. The second-order valence-electron chi connectivity index (χ2n) is 3.84. The predicted octanol–water partition coefficient (Wildman–Crippen LogP) is 1.56. The molecule has 7 heteroatoms. The van der Waals surface area contributed by atoms with Crippen molar-refractivity contribution in [2.24, 2.45) is 5.84 Å². The first-order valence-electron chi connectivity index (χ1n) is 6.16. The van der Waals surface area contributed by atoms with Gasteiger partial charge in [0.05, 0.1) is 6.20 Å². The normalized spacial score (nSPS) is 10.7. The molecular formula is C11H21ClN6. The number of nitrogen functional groups attached to an aromatic ring is 1. The van der Waals surface area contributed by atoms with E-state index in [2.05, 4.69) is 39.5 Å². The van der Waals surface area contributed by atoms with Gasteiger partial charge in [-0.15, -0.1) is 0 Å². The van der Waals surface area contributed by atoms with Gasteiger partial charge >= 0.3 is 0 Å². The lowest BCUT2D eigenvalue weighted by atomic mass is 10.3. The van der Waals surface area contributed by atoms with Crippen molar-refractivity contribution in [1.82, 2.24) is 14.9 Å². The van der Waals surface area contributed by atoms with Crippen LogP contribution in [0.15, 0.2) is 6.20 Å². The van der Waals surface area contributed by atoms with E-state index in [1.54, 1.807) is 0 Å². The summed E-state index contributed by atoms with van der Waals surface area (Å²) in [5.41, 5.74) is 2.39. The summed E-state index contributed by atoms with van der Waals surface area (Å²) in [4.78, 5) is 10.4. The Bertz CT molecular complexity index is 355. The van der Waals surface area contributed by atoms with Crippen molar-refractivity contribution in [3.05, 3.63) is 11.2 Å². The summed E-state index contributed by atoms with van der Waals surface area (Å²) in [6.07, 6.45) is 2.56. The third kappa shape index (κ3) is 4.64. The van der Waals surface area contributed by atoms with Gasteiger partial charge in [-0.2, -0.15) is 4.98 Å². The van der Waals surface area contributed by atoms with E-state index in [0.29, 0.717) is 16.8 Å². The van der Waals surface area contributed by atoms with Crippen LogP contribution in [-0.4, -0.2) is 41.0 Å². The quantitative estimate of drug-likeness (QED) is 0.379. The van der Waals surface area contributed by atoms with Crippen molar-refractivity contribution >= 4 is 23.4 Å². The predicted molar refractivity (Wildman–Crippen MR) is 75.7 cm³/mol. The van der Waals surface area contributed by atoms with E-state index >= 15 is 0 Å². The summed E-state index contributed by atoms with van der Waals surface area (Å²) in [6.45, 7) is 8.36. The Morgan fingerprint density at radius 2 is 2.11 bits per heavy atom. The molecule has 1 rings (SSSR count). The van der Waals surface area contributed by atoms with Crippen LogP contribution in [0.5, 0.6) is 0 Å². The minimum atomic E-state index is 0.352. The molecule has 0 aliphatic carbocycles. The SMILES string of the molecule is CCN(CC)CCCNc1nc(NN)ncc1Cl. The van der Waals surface area contributed by atoms with Crippen LogP contribution in [0.2, 0.25) is 5.02 Å². The molecule has 0 saturated carbocycles. The van der Waals surface area contributed by atoms with Gasteiger partial charge in [0, 0.05) is 6.54 Å². The maximum Gasteiger partial charge on any atom is 0.239 e. The van der Waals surface area contributed by atoms with Gasteiger partial charge in [0.1, 0.15) is 5.02 Å². The monoisotopic (exact) mass is 272 g/mol. The molecule has 1 heterocycles. The molecule has 0 saturated heterocycles. The molecule has 0 atom stereocenters. The first-order valence-corrected chi connectivity index (χ1v) is 6.54. The third-order valence-corrected chi connectivity index (χ3v) is 2.99. The van der Waals surface area contributed by atoms with Crippen molar-refractivity contribution in [1.29, 1.82) is 0 Å². The van der Waals surface area contributed by atoms with Crippen LogP contribution in [0.1, 0.15) is 20.3 Å². The Morgan fingerprint density at radius 3 is 2.72 bits per heavy atom. The van der Waals surface area contributed by atoms with Gasteiger partial charge in [0.25, 0.3) is 0 Å². The molecule has 0 unspecified atom stereocenters. The standard InChI is InChI=1S/C11H21ClN6/c1-3-18(4-2)7-5-6-14-10-9(12)8-15-11(16-10)17-13/h8H,3-7,13H2,1-2H3,(H2,14,15,16,17). The Hall–Kier alpha value is -1.11. The molecule has 6 nitrogen and oxygen atoms in total. The van der Waals surface area contributed by atoms with Gasteiger partial charge in [-0.05, 0) is 26.1 Å². The first kappa shape index (κ1) is 14.9. The fourth-order valence-electron chi connectivity index (χ4n) is 1.61. The highest BCUT2D eigenvalue weighted by Gasteiger charge is 2.04. The zero-order chi connectivity index (χ0) is 13.4. The maximum absolute atomic E-state index is 5.98. The second-order valence-corrected chi connectivity index (χ2v) is 4.25. The van der Waals surface area contributed by atoms with E-state index in [1.165, 1.54) is 6.20 Å². The van der Waals surface area contributed by atoms with Crippen LogP contribution >= 0.6 is 11.6 Å². The Labute approximate surface area is 113 Å². The second kappa shape index (κ2) is 8.07. The molecule has 0 fully saturated rings. The van der Waals surface area contributed by atoms with Crippen molar-refractivity contribution in [3.63, 3.8) is 0 Å². The number of hydrazine groups is 1. The van der Waals surface area contributed by atoms with Crippen LogP contribution in [0, 0.1) is 0 Å². The fraction of sp³-hybridized carbons (Fsp3) is 0.636. The van der Waals surface area contributed by atoms with E-state index in [9.17, 15) is 0 Å². The lowest BCUT2D eigenvalue weighted by Crippen LogP contribution is -2.25. The Morgan fingerprint density at radius 1 is 1.39 bits per heavy atom. The van der Waals surface area contributed by atoms with Gasteiger partial charge in [-0.25, -0.2) is 10.8 Å². The summed E-state index contributed by atoms with van der Waals surface area (Å²) in [6, 6.07) is 0. The molecule has 4 N–H and O–H groups in total. The molecule has 0 bridgehead atoms.